The van der Waals surface area contributed by atoms with Crippen LogP contribution >= 0.6 is 0 Å². The van der Waals surface area contributed by atoms with E-state index in [2.05, 4.69) is 25.8 Å². The molecule has 1 heterocycles. The van der Waals surface area contributed by atoms with E-state index in [0.29, 0.717) is 11.3 Å². The topological polar surface area (TPSA) is 95.3 Å². The zero-order valence-corrected chi connectivity index (χ0v) is 14.0. The fourth-order valence-corrected chi connectivity index (χ4v) is 2.47. The Labute approximate surface area is 151 Å². The molecule has 10 heteroatoms. The summed E-state index contributed by atoms with van der Waals surface area (Å²) in [5.74, 6) is -1.39. The van der Waals surface area contributed by atoms with Gasteiger partial charge in [-0.15, -0.1) is 18.3 Å². The van der Waals surface area contributed by atoms with Gasteiger partial charge >= 0.3 is 12.3 Å². The van der Waals surface area contributed by atoms with E-state index in [0.717, 1.165) is 5.56 Å². The molecule has 0 fully saturated rings. The number of hydrogen-bond acceptors (Lipinski definition) is 6. The van der Waals surface area contributed by atoms with Crippen molar-refractivity contribution in [2.24, 2.45) is 10.3 Å². The summed E-state index contributed by atoms with van der Waals surface area (Å²) in [6.07, 6.45) is -5.52. The second-order valence-electron chi connectivity index (χ2n) is 6.03. The summed E-state index contributed by atoms with van der Waals surface area (Å²) in [7, 11) is 0. The van der Waals surface area contributed by atoms with Crippen molar-refractivity contribution >= 4 is 11.7 Å². The first-order chi connectivity index (χ1) is 12.7. The van der Waals surface area contributed by atoms with Gasteiger partial charge in [0.1, 0.15) is 5.75 Å². The van der Waals surface area contributed by atoms with Crippen LogP contribution in [0.5, 0.6) is 5.75 Å². The number of anilines is 1. The highest BCUT2D eigenvalue weighted by Gasteiger charge is 2.46. The summed E-state index contributed by atoms with van der Waals surface area (Å²) in [6, 6.07) is 12.4. The van der Waals surface area contributed by atoms with Gasteiger partial charge in [0.2, 0.25) is 0 Å². The standard InChI is InChI=1S/C17H15F3N4O3/c1-16(15(25)26)14(22-24-23-16)21-12-6-2-10(3-7-12)11-4-8-13(9-5-11)27-17(18,19)20/h2-9,14,21H,1H3,(H,22,23)(H,25,26). The molecule has 1 aliphatic heterocycles. The quantitative estimate of drug-likeness (QED) is 0.733. The molecule has 1 aliphatic rings. The SMILES string of the molecule is CC1(C(=O)O)NN=NC1Nc1ccc(-c2ccc(OC(F)(F)F)cc2)cc1. The van der Waals surface area contributed by atoms with Crippen LogP contribution in [0.25, 0.3) is 11.1 Å². The Bertz CT molecular complexity index is 853. The van der Waals surface area contributed by atoms with Gasteiger partial charge < -0.3 is 15.2 Å². The van der Waals surface area contributed by atoms with E-state index >= 15 is 0 Å². The van der Waals surface area contributed by atoms with Gasteiger partial charge in [0.25, 0.3) is 0 Å². The van der Waals surface area contributed by atoms with Crippen LogP contribution in [-0.2, 0) is 4.79 Å². The molecule has 0 aliphatic carbocycles. The first-order valence-electron chi connectivity index (χ1n) is 7.80. The van der Waals surface area contributed by atoms with Gasteiger partial charge in [0.15, 0.2) is 11.7 Å². The Morgan fingerprint density at radius 2 is 1.70 bits per heavy atom. The molecule has 3 N–H and O–H groups in total. The van der Waals surface area contributed by atoms with Gasteiger partial charge in [-0.05, 0) is 42.3 Å². The third-order valence-corrected chi connectivity index (χ3v) is 4.06. The van der Waals surface area contributed by atoms with Crippen LogP contribution in [-0.4, -0.2) is 29.1 Å². The number of carboxylic acids is 1. The van der Waals surface area contributed by atoms with E-state index in [1.807, 2.05) is 0 Å². The Balaban J connectivity index is 1.70. The lowest BCUT2D eigenvalue weighted by Gasteiger charge is -2.25. The van der Waals surface area contributed by atoms with Gasteiger partial charge in [0, 0.05) is 5.69 Å². The summed E-state index contributed by atoms with van der Waals surface area (Å²) < 4.78 is 40.4. The molecule has 2 aromatic carbocycles. The normalized spacial score (nSPS) is 21.6. The molecule has 142 valence electrons. The molecular formula is C17H15F3N4O3. The molecule has 0 amide bonds. The molecule has 0 saturated carbocycles. The Hall–Kier alpha value is -3.30. The first kappa shape index (κ1) is 18.5. The number of nitrogens with one attached hydrogen (secondary N) is 2. The summed E-state index contributed by atoms with van der Waals surface area (Å²) >= 11 is 0. The lowest BCUT2D eigenvalue weighted by atomic mass is 10.00. The van der Waals surface area contributed by atoms with E-state index in [1.165, 1.54) is 31.2 Å². The molecule has 0 saturated heterocycles. The molecular weight excluding hydrogens is 365 g/mol. The van der Waals surface area contributed by atoms with Crippen LogP contribution in [0.4, 0.5) is 18.9 Å². The van der Waals surface area contributed by atoms with Crippen molar-refractivity contribution in [3.63, 3.8) is 0 Å². The zero-order chi connectivity index (χ0) is 19.7. The molecule has 2 atom stereocenters. The monoisotopic (exact) mass is 380 g/mol. The van der Waals surface area contributed by atoms with Crippen LogP contribution in [0.15, 0.2) is 58.9 Å². The maximum absolute atomic E-state index is 12.2. The number of alkyl halides is 3. The molecule has 0 spiro atoms. The van der Waals surface area contributed by atoms with Crippen molar-refractivity contribution in [1.29, 1.82) is 0 Å². The summed E-state index contributed by atoms with van der Waals surface area (Å²) in [5.41, 5.74) is 3.19. The molecule has 0 bridgehead atoms. The van der Waals surface area contributed by atoms with Crippen molar-refractivity contribution in [2.45, 2.75) is 25.0 Å². The second kappa shape index (κ2) is 6.78. The summed E-state index contributed by atoms with van der Waals surface area (Å²) in [6.45, 7) is 1.46. The fourth-order valence-electron chi connectivity index (χ4n) is 2.47. The van der Waals surface area contributed by atoms with Crippen LogP contribution in [0, 0.1) is 0 Å². The molecule has 0 radical (unpaired) electrons. The van der Waals surface area contributed by atoms with Crippen LogP contribution in [0.1, 0.15) is 6.92 Å². The minimum absolute atomic E-state index is 0.295. The van der Waals surface area contributed by atoms with Gasteiger partial charge in [-0.25, -0.2) is 4.79 Å². The fraction of sp³-hybridized carbons (Fsp3) is 0.235. The highest BCUT2D eigenvalue weighted by atomic mass is 19.4. The van der Waals surface area contributed by atoms with Crippen molar-refractivity contribution < 1.29 is 27.8 Å². The number of rotatable bonds is 5. The maximum atomic E-state index is 12.2. The number of benzene rings is 2. The third-order valence-electron chi connectivity index (χ3n) is 4.06. The molecule has 2 unspecified atom stereocenters. The number of carbonyl (C=O) groups is 1. The van der Waals surface area contributed by atoms with Gasteiger partial charge in [-0.2, -0.15) is 0 Å². The van der Waals surface area contributed by atoms with E-state index < -0.39 is 24.0 Å². The number of nitrogens with zero attached hydrogens (tertiary/aromatic N) is 2. The van der Waals surface area contributed by atoms with Crippen LogP contribution < -0.4 is 15.5 Å². The highest BCUT2D eigenvalue weighted by Crippen LogP contribution is 2.28. The number of hydrogen-bond donors (Lipinski definition) is 3. The van der Waals surface area contributed by atoms with Gasteiger partial charge in [-0.3, -0.25) is 5.43 Å². The maximum Gasteiger partial charge on any atom is 0.573 e. The molecule has 2 aromatic rings. The summed E-state index contributed by atoms with van der Waals surface area (Å²) in [4.78, 5) is 11.4. The van der Waals surface area contributed by atoms with Crippen LogP contribution in [0.2, 0.25) is 0 Å². The molecule has 0 aromatic heterocycles. The molecule has 27 heavy (non-hydrogen) atoms. The average molecular weight is 380 g/mol. The first-order valence-corrected chi connectivity index (χ1v) is 7.80. The Morgan fingerprint density at radius 1 is 1.15 bits per heavy atom. The lowest BCUT2D eigenvalue weighted by Crippen LogP contribution is -2.54. The van der Waals surface area contributed by atoms with Crippen molar-refractivity contribution in [1.82, 2.24) is 5.43 Å². The lowest BCUT2D eigenvalue weighted by molar-refractivity contribution is -0.274. The Morgan fingerprint density at radius 3 is 2.22 bits per heavy atom. The molecule has 3 rings (SSSR count). The number of halogens is 3. The predicted octanol–water partition coefficient (Wildman–Crippen LogP) is 3.80. The van der Waals surface area contributed by atoms with Gasteiger partial charge in [0.05, 0.1) is 0 Å². The van der Waals surface area contributed by atoms with Crippen molar-refractivity contribution in [3.8, 4) is 16.9 Å². The summed E-state index contributed by atoms with van der Waals surface area (Å²) in [5, 5.41) is 19.7. The van der Waals surface area contributed by atoms with E-state index in [-0.39, 0.29) is 5.75 Å². The third kappa shape index (κ3) is 4.10. The molecule has 7 nitrogen and oxygen atoms in total. The minimum Gasteiger partial charge on any atom is -0.479 e. The average Bonchev–Trinajstić information content (AvgIpc) is 2.97. The number of ether oxygens (including phenoxy) is 1. The van der Waals surface area contributed by atoms with E-state index in [4.69, 9.17) is 0 Å². The Kier molecular flexibility index (Phi) is 4.64. The number of carboxylic acid groups (broad SMARTS) is 1. The predicted molar refractivity (Wildman–Crippen MR) is 90.0 cm³/mol. The van der Waals surface area contributed by atoms with Crippen LogP contribution in [0.3, 0.4) is 0 Å². The smallest absolute Gasteiger partial charge is 0.479 e. The van der Waals surface area contributed by atoms with Crippen molar-refractivity contribution in [2.75, 3.05) is 5.32 Å². The number of aliphatic carboxylic acids is 1. The van der Waals surface area contributed by atoms with E-state index in [1.54, 1.807) is 24.3 Å². The minimum atomic E-state index is -4.73. The van der Waals surface area contributed by atoms with E-state index in [9.17, 15) is 23.1 Å². The van der Waals surface area contributed by atoms with Gasteiger partial charge in [-0.1, -0.05) is 29.5 Å². The van der Waals surface area contributed by atoms with Crippen molar-refractivity contribution in [3.05, 3.63) is 48.5 Å². The highest BCUT2D eigenvalue weighted by molar-refractivity contribution is 5.80. The largest absolute Gasteiger partial charge is 0.573 e. The second-order valence-corrected chi connectivity index (χ2v) is 6.03. The zero-order valence-electron chi connectivity index (χ0n) is 14.0.